The molecule has 5 nitrogen and oxygen atoms in total. The Morgan fingerprint density at radius 3 is 2.41 bits per heavy atom. The lowest BCUT2D eigenvalue weighted by molar-refractivity contribution is -0.138. The molecule has 27 heavy (non-hydrogen) atoms. The van der Waals surface area contributed by atoms with E-state index in [1.54, 1.807) is 7.11 Å². The molecule has 2 aliphatic heterocycles. The second-order valence-electron chi connectivity index (χ2n) is 8.09. The van der Waals surface area contributed by atoms with Crippen molar-refractivity contribution in [2.45, 2.75) is 45.6 Å². The van der Waals surface area contributed by atoms with Gasteiger partial charge in [0.1, 0.15) is 5.75 Å². The summed E-state index contributed by atoms with van der Waals surface area (Å²) in [6.07, 6.45) is 3.59. The van der Waals surface area contributed by atoms with Gasteiger partial charge in [0.15, 0.2) is 5.78 Å². The van der Waals surface area contributed by atoms with Crippen LogP contribution in [0.15, 0.2) is 24.3 Å². The number of hydrogen-bond donors (Lipinski definition) is 0. The lowest BCUT2D eigenvalue weighted by Crippen LogP contribution is -2.48. The number of nitrogens with zero attached hydrogens (tertiary/aromatic N) is 2. The molecule has 1 aromatic carbocycles. The molecule has 3 rings (SSSR count). The Morgan fingerprint density at radius 2 is 1.74 bits per heavy atom. The van der Waals surface area contributed by atoms with Crippen molar-refractivity contribution in [3.05, 3.63) is 29.8 Å². The van der Waals surface area contributed by atoms with Crippen molar-refractivity contribution in [2.75, 3.05) is 33.3 Å². The van der Waals surface area contributed by atoms with Crippen LogP contribution >= 0.6 is 0 Å². The number of carbonyl (C=O) groups is 2. The Hall–Kier alpha value is -1.88. The summed E-state index contributed by atoms with van der Waals surface area (Å²) in [4.78, 5) is 30.4. The zero-order valence-electron chi connectivity index (χ0n) is 16.8. The summed E-state index contributed by atoms with van der Waals surface area (Å²) in [6, 6.07) is 7.92. The monoisotopic (exact) mass is 372 g/mol. The van der Waals surface area contributed by atoms with Gasteiger partial charge in [-0.3, -0.25) is 9.59 Å². The molecular weight excluding hydrogens is 340 g/mol. The topological polar surface area (TPSA) is 49.9 Å². The number of methoxy groups -OCH3 is 1. The number of likely N-dealkylation sites (tertiary alicyclic amines) is 2. The molecule has 1 atom stereocenters. The smallest absolute Gasteiger partial charge is 0.225 e. The number of hydrogen-bond acceptors (Lipinski definition) is 4. The van der Waals surface area contributed by atoms with Crippen LogP contribution in [0.2, 0.25) is 0 Å². The molecule has 148 valence electrons. The van der Waals surface area contributed by atoms with E-state index in [1.165, 1.54) is 0 Å². The molecule has 0 bridgehead atoms. The zero-order chi connectivity index (χ0) is 19.4. The van der Waals surface area contributed by atoms with E-state index in [1.807, 2.05) is 29.2 Å². The third-order valence-corrected chi connectivity index (χ3v) is 6.09. The van der Waals surface area contributed by atoms with Gasteiger partial charge in [-0.1, -0.05) is 12.1 Å². The number of carbonyl (C=O) groups excluding carboxylic acids is 2. The molecule has 2 heterocycles. The van der Waals surface area contributed by atoms with Crippen LogP contribution in [-0.4, -0.2) is 60.8 Å². The highest BCUT2D eigenvalue weighted by Crippen LogP contribution is 2.28. The minimum atomic E-state index is -0.130. The minimum absolute atomic E-state index is 0.0968. The molecule has 0 saturated carbocycles. The van der Waals surface area contributed by atoms with Gasteiger partial charge in [0.2, 0.25) is 5.91 Å². The fraction of sp³-hybridized carbons (Fsp3) is 0.636. The summed E-state index contributed by atoms with van der Waals surface area (Å²) in [5, 5.41) is 0. The number of para-hydroxylation sites is 1. The molecule has 1 aromatic rings. The van der Waals surface area contributed by atoms with Gasteiger partial charge in [-0.05, 0) is 64.8 Å². The van der Waals surface area contributed by atoms with Gasteiger partial charge in [-0.15, -0.1) is 0 Å². The van der Waals surface area contributed by atoms with Crippen LogP contribution in [0.25, 0.3) is 0 Å². The molecule has 0 radical (unpaired) electrons. The molecule has 2 fully saturated rings. The predicted octanol–water partition coefficient (Wildman–Crippen LogP) is 3.24. The predicted molar refractivity (Wildman–Crippen MR) is 106 cm³/mol. The number of rotatable bonds is 5. The van der Waals surface area contributed by atoms with Gasteiger partial charge in [0, 0.05) is 31.0 Å². The maximum Gasteiger partial charge on any atom is 0.225 e. The summed E-state index contributed by atoms with van der Waals surface area (Å²) >= 11 is 0. The fourth-order valence-electron chi connectivity index (χ4n) is 4.38. The van der Waals surface area contributed by atoms with E-state index in [0.717, 1.165) is 45.3 Å². The van der Waals surface area contributed by atoms with Crippen LogP contribution in [0.1, 0.15) is 49.9 Å². The molecule has 0 unspecified atom stereocenters. The highest BCUT2D eigenvalue weighted by Gasteiger charge is 2.34. The third kappa shape index (κ3) is 4.52. The van der Waals surface area contributed by atoms with Gasteiger partial charge < -0.3 is 14.5 Å². The summed E-state index contributed by atoms with van der Waals surface area (Å²) in [5.41, 5.74) is 0.629. The Morgan fingerprint density at radius 1 is 1.04 bits per heavy atom. The van der Waals surface area contributed by atoms with Gasteiger partial charge in [0.25, 0.3) is 0 Å². The van der Waals surface area contributed by atoms with Gasteiger partial charge in [0.05, 0.1) is 12.7 Å². The van der Waals surface area contributed by atoms with E-state index in [9.17, 15) is 9.59 Å². The fourth-order valence-corrected chi connectivity index (χ4v) is 4.38. The molecule has 5 heteroatoms. The maximum absolute atomic E-state index is 13.0. The van der Waals surface area contributed by atoms with Crippen LogP contribution < -0.4 is 4.74 Å². The second-order valence-corrected chi connectivity index (χ2v) is 8.09. The standard InChI is InChI=1S/C22H32N2O3/c1-16(2)23-13-10-17(11-14-23)22(26)24-12-6-7-18(15-24)21(25)19-8-4-5-9-20(19)27-3/h4-5,8-9,16-18H,6-7,10-15H2,1-3H3/t18-/m0/s1. The van der Waals surface area contributed by atoms with Crippen molar-refractivity contribution in [2.24, 2.45) is 11.8 Å². The van der Waals surface area contributed by atoms with Crippen LogP contribution in [0.5, 0.6) is 5.75 Å². The van der Waals surface area contributed by atoms with Crippen LogP contribution in [-0.2, 0) is 4.79 Å². The van der Waals surface area contributed by atoms with Crippen LogP contribution in [0.4, 0.5) is 0 Å². The van der Waals surface area contributed by atoms with E-state index < -0.39 is 0 Å². The zero-order valence-corrected chi connectivity index (χ0v) is 16.8. The van der Waals surface area contributed by atoms with Gasteiger partial charge >= 0.3 is 0 Å². The summed E-state index contributed by atoms with van der Waals surface area (Å²) in [7, 11) is 1.59. The lowest BCUT2D eigenvalue weighted by atomic mass is 9.88. The molecule has 0 N–H and O–H groups in total. The minimum Gasteiger partial charge on any atom is -0.496 e. The molecular formula is C22H32N2O3. The summed E-state index contributed by atoms with van der Waals surface area (Å²) < 4.78 is 5.35. The SMILES string of the molecule is COc1ccccc1C(=O)[C@H]1CCCN(C(=O)C2CCN(C(C)C)CC2)C1. The van der Waals surface area contributed by atoms with E-state index in [-0.39, 0.29) is 23.5 Å². The second kappa shape index (κ2) is 8.87. The van der Waals surface area contributed by atoms with Crippen molar-refractivity contribution in [3.63, 3.8) is 0 Å². The summed E-state index contributed by atoms with van der Waals surface area (Å²) in [6.45, 7) is 7.72. The normalized spacial score (nSPS) is 22.1. The highest BCUT2D eigenvalue weighted by atomic mass is 16.5. The molecule has 0 aromatic heterocycles. The van der Waals surface area contributed by atoms with Crippen molar-refractivity contribution in [1.29, 1.82) is 0 Å². The molecule has 2 aliphatic rings. The Labute approximate surface area is 162 Å². The van der Waals surface area contributed by atoms with Crippen molar-refractivity contribution in [3.8, 4) is 5.75 Å². The Balaban J connectivity index is 1.62. The average molecular weight is 373 g/mol. The molecule has 1 amide bonds. The Bertz CT molecular complexity index is 665. The largest absolute Gasteiger partial charge is 0.496 e. The van der Waals surface area contributed by atoms with E-state index >= 15 is 0 Å². The third-order valence-electron chi connectivity index (χ3n) is 6.09. The van der Waals surface area contributed by atoms with Crippen LogP contribution in [0.3, 0.4) is 0 Å². The number of ketones is 1. The average Bonchev–Trinajstić information content (AvgIpc) is 2.72. The van der Waals surface area contributed by atoms with Crippen molar-refractivity contribution in [1.82, 2.24) is 9.80 Å². The number of amides is 1. The van der Waals surface area contributed by atoms with Crippen molar-refractivity contribution >= 4 is 11.7 Å². The maximum atomic E-state index is 13.0. The molecule has 0 aliphatic carbocycles. The first-order valence-corrected chi connectivity index (χ1v) is 10.2. The van der Waals surface area contributed by atoms with Crippen LogP contribution in [0, 0.1) is 11.8 Å². The van der Waals surface area contributed by atoms with Gasteiger partial charge in [-0.2, -0.15) is 0 Å². The highest BCUT2D eigenvalue weighted by molar-refractivity contribution is 6.00. The number of piperidine rings is 2. The van der Waals surface area contributed by atoms with E-state index in [4.69, 9.17) is 4.74 Å². The number of ether oxygens (including phenoxy) is 1. The van der Waals surface area contributed by atoms with E-state index in [0.29, 0.717) is 23.9 Å². The first-order valence-electron chi connectivity index (χ1n) is 10.2. The lowest BCUT2D eigenvalue weighted by Gasteiger charge is -2.38. The molecule has 0 spiro atoms. The number of Topliss-reactive ketones (excluding diaryl/α,β-unsaturated/α-hetero) is 1. The molecule has 2 saturated heterocycles. The Kier molecular flexibility index (Phi) is 6.53. The number of benzene rings is 1. The van der Waals surface area contributed by atoms with Gasteiger partial charge in [-0.25, -0.2) is 0 Å². The van der Waals surface area contributed by atoms with E-state index in [2.05, 4.69) is 18.7 Å². The first-order chi connectivity index (χ1) is 13.0. The quantitative estimate of drug-likeness (QED) is 0.745. The summed E-state index contributed by atoms with van der Waals surface area (Å²) in [5.74, 6) is 0.942. The first kappa shape index (κ1) is 19.9. The van der Waals surface area contributed by atoms with Crippen molar-refractivity contribution < 1.29 is 14.3 Å².